The van der Waals surface area contributed by atoms with Gasteiger partial charge in [0.05, 0.1) is 13.7 Å². The molecular weight excluding hydrogens is 144 g/mol. The summed E-state index contributed by atoms with van der Waals surface area (Å²) >= 11 is 0. The number of hydrogen-bond acceptors (Lipinski definition) is 3. The Hall–Kier alpha value is -0.570. The molecule has 0 saturated heterocycles. The largest absolute Gasteiger partial charge is 0.467 e. The smallest absolute Gasteiger partial charge is 0.334 e. The van der Waals surface area contributed by atoms with Crippen LogP contribution in [-0.2, 0) is 14.3 Å². The molecule has 0 aromatic heterocycles. The minimum absolute atomic E-state index is 0.286. The third-order valence-electron chi connectivity index (χ3n) is 1.81. The molecule has 1 aliphatic carbocycles. The number of methoxy groups -OCH3 is 1. The van der Waals surface area contributed by atoms with Crippen molar-refractivity contribution in [1.29, 1.82) is 0 Å². The van der Waals surface area contributed by atoms with Crippen molar-refractivity contribution >= 4 is 5.97 Å². The van der Waals surface area contributed by atoms with Crippen molar-refractivity contribution in [2.45, 2.75) is 25.9 Å². The van der Waals surface area contributed by atoms with E-state index in [1.165, 1.54) is 20.0 Å². The minimum Gasteiger partial charge on any atom is -0.467 e. The van der Waals surface area contributed by atoms with Crippen LogP contribution in [0.4, 0.5) is 0 Å². The van der Waals surface area contributed by atoms with E-state index in [1.54, 1.807) is 6.92 Å². The number of rotatable bonds is 4. The van der Waals surface area contributed by atoms with Gasteiger partial charge in [0.25, 0.3) is 0 Å². The highest BCUT2D eigenvalue weighted by atomic mass is 16.6. The molecule has 1 unspecified atom stereocenters. The summed E-state index contributed by atoms with van der Waals surface area (Å²) < 4.78 is 9.74. The van der Waals surface area contributed by atoms with Crippen LogP contribution >= 0.6 is 0 Å². The van der Waals surface area contributed by atoms with E-state index in [0.29, 0.717) is 12.5 Å². The van der Waals surface area contributed by atoms with Gasteiger partial charge in [-0.25, -0.2) is 4.79 Å². The highest BCUT2D eigenvalue weighted by molar-refractivity contribution is 5.73. The Bertz CT molecular complexity index is 140. The predicted octanol–water partition coefficient (Wildman–Crippen LogP) is 0.974. The first-order chi connectivity index (χ1) is 5.24. The van der Waals surface area contributed by atoms with Crippen LogP contribution in [0.15, 0.2) is 0 Å². The molecule has 64 valence electrons. The zero-order valence-corrected chi connectivity index (χ0v) is 7.00. The lowest BCUT2D eigenvalue weighted by Gasteiger charge is -2.09. The average Bonchev–Trinajstić information content (AvgIpc) is 2.81. The summed E-state index contributed by atoms with van der Waals surface area (Å²) in [4.78, 5) is 10.8. The van der Waals surface area contributed by atoms with E-state index in [1.807, 2.05) is 0 Å². The maximum Gasteiger partial charge on any atom is 0.334 e. The second-order valence-electron chi connectivity index (χ2n) is 2.94. The van der Waals surface area contributed by atoms with Gasteiger partial charge in [-0.2, -0.15) is 0 Å². The minimum atomic E-state index is -0.402. The van der Waals surface area contributed by atoms with Crippen LogP contribution in [0.1, 0.15) is 19.8 Å². The van der Waals surface area contributed by atoms with Crippen LogP contribution in [-0.4, -0.2) is 25.8 Å². The van der Waals surface area contributed by atoms with E-state index in [9.17, 15) is 4.79 Å². The van der Waals surface area contributed by atoms with Crippen molar-refractivity contribution in [2.75, 3.05) is 13.7 Å². The van der Waals surface area contributed by atoms with Crippen molar-refractivity contribution in [3.63, 3.8) is 0 Å². The molecule has 3 heteroatoms. The van der Waals surface area contributed by atoms with Crippen LogP contribution in [0, 0.1) is 5.92 Å². The Kier molecular flexibility index (Phi) is 2.88. The molecule has 0 amide bonds. The highest BCUT2D eigenvalue weighted by Gasteiger charge is 2.24. The zero-order chi connectivity index (χ0) is 8.27. The van der Waals surface area contributed by atoms with Gasteiger partial charge in [-0.15, -0.1) is 0 Å². The number of esters is 1. The standard InChI is InChI=1S/C8H14O3/c1-6(8(9)10-2)11-5-7-3-4-7/h6-7H,3-5H2,1-2H3. The van der Waals surface area contributed by atoms with Crippen molar-refractivity contribution in [3.8, 4) is 0 Å². The van der Waals surface area contributed by atoms with Gasteiger partial charge in [-0.05, 0) is 25.7 Å². The van der Waals surface area contributed by atoms with Crippen LogP contribution < -0.4 is 0 Å². The average molecular weight is 158 g/mol. The van der Waals surface area contributed by atoms with Crippen molar-refractivity contribution in [2.24, 2.45) is 5.92 Å². The molecule has 11 heavy (non-hydrogen) atoms. The monoisotopic (exact) mass is 158 g/mol. The molecule has 0 aromatic carbocycles. The molecule has 0 bridgehead atoms. The molecule has 1 atom stereocenters. The van der Waals surface area contributed by atoms with E-state index in [2.05, 4.69) is 4.74 Å². The fraction of sp³-hybridized carbons (Fsp3) is 0.875. The zero-order valence-electron chi connectivity index (χ0n) is 7.00. The summed E-state index contributed by atoms with van der Waals surface area (Å²) in [6.45, 7) is 2.42. The van der Waals surface area contributed by atoms with Crippen molar-refractivity contribution < 1.29 is 14.3 Å². The topological polar surface area (TPSA) is 35.5 Å². The molecule has 1 rings (SSSR count). The molecule has 0 aliphatic heterocycles. The Morgan fingerprint density at radius 2 is 2.27 bits per heavy atom. The molecular formula is C8H14O3. The van der Waals surface area contributed by atoms with E-state index in [4.69, 9.17) is 4.74 Å². The molecule has 1 saturated carbocycles. The Labute approximate surface area is 66.7 Å². The van der Waals surface area contributed by atoms with Gasteiger partial charge < -0.3 is 9.47 Å². The Morgan fingerprint density at radius 1 is 1.64 bits per heavy atom. The van der Waals surface area contributed by atoms with Crippen molar-refractivity contribution in [3.05, 3.63) is 0 Å². The second kappa shape index (κ2) is 3.72. The summed E-state index contributed by atoms with van der Waals surface area (Å²) in [5.41, 5.74) is 0. The third-order valence-corrected chi connectivity index (χ3v) is 1.81. The molecule has 0 spiro atoms. The number of carbonyl (C=O) groups is 1. The Balaban J connectivity index is 2.08. The number of ether oxygens (including phenoxy) is 2. The van der Waals surface area contributed by atoms with Crippen LogP contribution in [0.2, 0.25) is 0 Å². The summed E-state index contributed by atoms with van der Waals surface area (Å²) in [7, 11) is 1.37. The van der Waals surface area contributed by atoms with E-state index in [-0.39, 0.29) is 5.97 Å². The first-order valence-corrected chi connectivity index (χ1v) is 3.93. The lowest BCUT2D eigenvalue weighted by Crippen LogP contribution is -2.22. The maximum absolute atomic E-state index is 10.8. The SMILES string of the molecule is COC(=O)C(C)OCC1CC1. The van der Waals surface area contributed by atoms with E-state index < -0.39 is 6.10 Å². The molecule has 0 heterocycles. The molecule has 0 radical (unpaired) electrons. The van der Waals surface area contributed by atoms with Gasteiger partial charge in [0.1, 0.15) is 0 Å². The molecule has 1 fully saturated rings. The lowest BCUT2D eigenvalue weighted by molar-refractivity contribution is -0.153. The van der Waals surface area contributed by atoms with Crippen LogP contribution in [0.3, 0.4) is 0 Å². The number of carbonyl (C=O) groups excluding carboxylic acids is 1. The summed E-state index contributed by atoms with van der Waals surface area (Å²) in [6.07, 6.45) is 2.09. The fourth-order valence-electron chi connectivity index (χ4n) is 0.799. The first-order valence-electron chi connectivity index (χ1n) is 3.93. The Morgan fingerprint density at radius 3 is 2.73 bits per heavy atom. The van der Waals surface area contributed by atoms with Gasteiger partial charge >= 0.3 is 5.97 Å². The molecule has 0 aromatic rings. The summed E-state index contributed by atoms with van der Waals surface area (Å²) in [5, 5.41) is 0. The summed E-state index contributed by atoms with van der Waals surface area (Å²) in [6, 6.07) is 0. The van der Waals surface area contributed by atoms with E-state index >= 15 is 0 Å². The summed E-state index contributed by atoms with van der Waals surface area (Å²) in [5.74, 6) is 0.410. The fourth-order valence-corrected chi connectivity index (χ4v) is 0.799. The van der Waals surface area contributed by atoms with Gasteiger partial charge in [0, 0.05) is 0 Å². The second-order valence-corrected chi connectivity index (χ2v) is 2.94. The normalized spacial score (nSPS) is 19.5. The molecule has 1 aliphatic rings. The van der Waals surface area contributed by atoms with E-state index in [0.717, 1.165) is 0 Å². The maximum atomic E-state index is 10.8. The highest BCUT2D eigenvalue weighted by Crippen LogP contribution is 2.29. The predicted molar refractivity (Wildman–Crippen MR) is 40.2 cm³/mol. The van der Waals surface area contributed by atoms with Crippen molar-refractivity contribution in [1.82, 2.24) is 0 Å². The quantitative estimate of drug-likeness (QED) is 0.572. The van der Waals surface area contributed by atoms with Gasteiger partial charge in [-0.1, -0.05) is 0 Å². The molecule has 0 N–H and O–H groups in total. The third kappa shape index (κ3) is 2.89. The number of hydrogen-bond donors (Lipinski definition) is 0. The van der Waals surface area contributed by atoms with Crippen LogP contribution in [0.25, 0.3) is 0 Å². The van der Waals surface area contributed by atoms with Gasteiger partial charge in [0.15, 0.2) is 6.10 Å². The van der Waals surface area contributed by atoms with Gasteiger partial charge in [-0.3, -0.25) is 0 Å². The van der Waals surface area contributed by atoms with Gasteiger partial charge in [0.2, 0.25) is 0 Å². The molecule has 3 nitrogen and oxygen atoms in total. The van der Waals surface area contributed by atoms with Crippen LogP contribution in [0.5, 0.6) is 0 Å². The lowest BCUT2D eigenvalue weighted by atomic mass is 10.4. The first kappa shape index (κ1) is 8.53.